The van der Waals surface area contributed by atoms with Crippen LogP contribution in [0.25, 0.3) is 0 Å². The fraction of sp³-hybridized carbons (Fsp3) is 0.429. The Morgan fingerprint density at radius 3 is 2.70 bits per heavy atom. The molecular weight excluding hydrogens is 295 g/mol. The van der Waals surface area contributed by atoms with E-state index in [2.05, 4.69) is 10.2 Å². The molecule has 0 aromatic heterocycles. The molecule has 1 amide bonds. The van der Waals surface area contributed by atoms with E-state index in [4.69, 9.17) is 12.2 Å². The van der Waals surface area contributed by atoms with Crippen LogP contribution in [-0.2, 0) is 4.79 Å². The minimum atomic E-state index is -0.430. The number of para-hydroxylation sites is 1. The number of likely N-dealkylation sites (tertiary alicyclic amines) is 1. The predicted molar refractivity (Wildman–Crippen MR) is 85.5 cm³/mol. The maximum atomic E-state index is 13.5. The van der Waals surface area contributed by atoms with E-state index >= 15 is 0 Å². The van der Waals surface area contributed by atoms with Gasteiger partial charge in [-0.05, 0) is 31.9 Å². The summed E-state index contributed by atoms with van der Waals surface area (Å²) in [6.45, 7) is 3.71. The summed E-state index contributed by atoms with van der Waals surface area (Å²) >= 11 is 6.69. The molecule has 1 saturated heterocycles. The first-order valence-corrected chi connectivity index (χ1v) is 7.87. The van der Waals surface area contributed by atoms with E-state index in [9.17, 15) is 9.18 Å². The van der Waals surface area contributed by atoms with Crippen molar-refractivity contribution in [2.75, 3.05) is 18.4 Å². The minimum absolute atomic E-state index is 0.206. The number of hydrogen-bond donors (Lipinski definition) is 1. The summed E-state index contributed by atoms with van der Waals surface area (Å²) in [7, 11) is 0. The van der Waals surface area contributed by atoms with Crippen LogP contribution in [0, 0.1) is 5.82 Å². The number of rotatable bonds is 3. The van der Waals surface area contributed by atoms with Crippen molar-refractivity contribution < 1.29 is 9.18 Å². The molecule has 0 aliphatic carbocycles. The summed E-state index contributed by atoms with van der Waals surface area (Å²) in [6, 6.07) is 6.14. The molecule has 1 unspecified atom stereocenters. The molecule has 1 heterocycles. The number of benzene rings is 1. The number of nitrogens with one attached hydrogen (secondary N) is 1. The molecule has 2 rings (SSSR count). The smallest absolute Gasteiger partial charge is 0.237 e. The normalized spacial score (nSPS) is 16.0. The Balaban J connectivity index is 1.88. The summed E-state index contributed by atoms with van der Waals surface area (Å²) in [6.07, 6.45) is 2.30. The molecule has 108 valence electrons. The lowest BCUT2D eigenvalue weighted by Gasteiger charge is -2.20. The Morgan fingerprint density at radius 2 is 2.05 bits per heavy atom. The number of hydrogen-bond acceptors (Lipinski definition) is 3. The number of carbonyl (C=O) groups excluding carboxylic acids is 1. The zero-order valence-electron chi connectivity index (χ0n) is 11.3. The Labute approximate surface area is 127 Å². The van der Waals surface area contributed by atoms with Crippen molar-refractivity contribution in [1.82, 2.24) is 4.90 Å². The third-order valence-corrected chi connectivity index (χ3v) is 4.72. The van der Waals surface area contributed by atoms with Crippen LogP contribution in [0.1, 0.15) is 19.8 Å². The van der Waals surface area contributed by atoms with Crippen molar-refractivity contribution in [3.05, 3.63) is 30.1 Å². The van der Waals surface area contributed by atoms with Gasteiger partial charge in [0.25, 0.3) is 0 Å². The van der Waals surface area contributed by atoms with E-state index in [0.29, 0.717) is 0 Å². The van der Waals surface area contributed by atoms with Gasteiger partial charge >= 0.3 is 0 Å². The highest BCUT2D eigenvalue weighted by Crippen LogP contribution is 2.22. The molecule has 20 heavy (non-hydrogen) atoms. The molecular formula is C14H17FN2OS2. The van der Waals surface area contributed by atoms with Gasteiger partial charge in [-0.15, -0.1) is 0 Å². The first-order valence-electron chi connectivity index (χ1n) is 6.59. The molecule has 6 heteroatoms. The number of thiocarbonyl (C=S) groups is 1. The summed E-state index contributed by atoms with van der Waals surface area (Å²) in [4.78, 5) is 14.2. The first-order chi connectivity index (χ1) is 9.58. The van der Waals surface area contributed by atoms with Gasteiger partial charge in [-0.1, -0.05) is 36.1 Å². The second-order valence-electron chi connectivity index (χ2n) is 4.69. The summed E-state index contributed by atoms with van der Waals surface area (Å²) in [5.74, 6) is -0.665. The molecule has 1 aliphatic rings. The lowest BCUT2D eigenvalue weighted by molar-refractivity contribution is -0.115. The van der Waals surface area contributed by atoms with Crippen LogP contribution < -0.4 is 5.32 Å². The van der Waals surface area contributed by atoms with Crippen LogP contribution >= 0.6 is 24.0 Å². The van der Waals surface area contributed by atoms with Crippen LogP contribution in [0.15, 0.2) is 24.3 Å². The largest absolute Gasteiger partial charge is 0.358 e. The monoisotopic (exact) mass is 312 g/mol. The number of nitrogens with zero attached hydrogens (tertiary/aromatic N) is 1. The van der Waals surface area contributed by atoms with Gasteiger partial charge in [0.2, 0.25) is 5.91 Å². The molecule has 1 atom stereocenters. The van der Waals surface area contributed by atoms with Gasteiger partial charge in [0.15, 0.2) is 0 Å². The molecule has 1 aromatic rings. The van der Waals surface area contributed by atoms with Crippen LogP contribution in [-0.4, -0.2) is 33.5 Å². The second-order valence-corrected chi connectivity index (χ2v) is 6.66. The molecule has 3 nitrogen and oxygen atoms in total. The molecule has 0 saturated carbocycles. The number of thioether (sulfide) groups is 1. The zero-order valence-corrected chi connectivity index (χ0v) is 12.9. The summed E-state index contributed by atoms with van der Waals surface area (Å²) in [5.41, 5.74) is 0.206. The number of amides is 1. The Bertz CT molecular complexity index is 504. The van der Waals surface area contributed by atoms with Gasteiger partial charge in [-0.2, -0.15) is 0 Å². The third-order valence-electron chi connectivity index (χ3n) is 3.14. The standard InChI is InChI=1S/C14H17FN2OS2/c1-10(20-14(19)17-8-4-5-9-17)13(18)16-12-7-3-2-6-11(12)15/h2-3,6-7,10H,4-5,8-9H2,1H3,(H,16,18). The summed E-state index contributed by atoms with van der Waals surface area (Å²) < 4.78 is 14.2. The quantitative estimate of drug-likeness (QED) is 0.868. The second kappa shape index (κ2) is 7.04. The van der Waals surface area contributed by atoms with E-state index in [0.717, 1.165) is 30.3 Å². The predicted octanol–water partition coefficient (Wildman–Crippen LogP) is 3.27. The molecule has 1 aromatic carbocycles. The number of anilines is 1. The van der Waals surface area contributed by atoms with Gasteiger partial charge < -0.3 is 10.2 Å². The lowest BCUT2D eigenvalue weighted by atomic mass is 10.3. The van der Waals surface area contributed by atoms with Gasteiger partial charge in [-0.3, -0.25) is 4.79 Å². The average Bonchev–Trinajstić information content (AvgIpc) is 2.95. The Morgan fingerprint density at radius 1 is 1.40 bits per heavy atom. The average molecular weight is 312 g/mol. The number of carbonyl (C=O) groups is 1. The molecule has 0 spiro atoms. The van der Waals surface area contributed by atoms with Crippen LogP contribution in [0.4, 0.5) is 10.1 Å². The van der Waals surface area contributed by atoms with Crippen molar-refractivity contribution in [2.24, 2.45) is 0 Å². The highest BCUT2D eigenvalue weighted by molar-refractivity contribution is 8.23. The fourth-order valence-electron chi connectivity index (χ4n) is 1.98. The van der Waals surface area contributed by atoms with Crippen LogP contribution in [0.5, 0.6) is 0 Å². The third kappa shape index (κ3) is 3.93. The van der Waals surface area contributed by atoms with Crippen molar-refractivity contribution in [3.63, 3.8) is 0 Å². The van der Waals surface area contributed by atoms with Gasteiger partial charge in [-0.25, -0.2) is 4.39 Å². The highest BCUT2D eigenvalue weighted by Gasteiger charge is 2.21. The van der Waals surface area contributed by atoms with Crippen molar-refractivity contribution in [2.45, 2.75) is 25.0 Å². The fourth-order valence-corrected chi connectivity index (χ4v) is 3.39. The van der Waals surface area contributed by atoms with E-state index in [1.807, 2.05) is 0 Å². The van der Waals surface area contributed by atoms with E-state index < -0.39 is 5.82 Å². The van der Waals surface area contributed by atoms with Crippen LogP contribution in [0.3, 0.4) is 0 Å². The molecule has 1 N–H and O–H groups in total. The van der Waals surface area contributed by atoms with Gasteiger partial charge in [0, 0.05) is 13.1 Å². The zero-order chi connectivity index (χ0) is 14.5. The molecule has 1 aliphatic heterocycles. The SMILES string of the molecule is CC(SC(=S)N1CCCC1)C(=O)Nc1ccccc1F. The van der Waals surface area contributed by atoms with Crippen molar-refractivity contribution in [1.29, 1.82) is 0 Å². The van der Waals surface area contributed by atoms with Crippen molar-refractivity contribution >= 4 is 39.9 Å². The number of halogens is 1. The Kier molecular flexibility index (Phi) is 5.37. The summed E-state index contributed by atoms with van der Waals surface area (Å²) in [5, 5.41) is 2.25. The molecule has 0 bridgehead atoms. The highest BCUT2D eigenvalue weighted by atomic mass is 32.2. The van der Waals surface area contributed by atoms with E-state index in [-0.39, 0.29) is 16.8 Å². The van der Waals surface area contributed by atoms with E-state index in [1.54, 1.807) is 25.1 Å². The topological polar surface area (TPSA) is 32.3 Å². The maximum Gasteiger partial charge on any atom is 0.237 e. The van der Waals surface area contributed by atoms with Gasteiger partial charge in [0.1, 0.15) is 10.1 Å². The maximum absolute atomic E-state index is 13.5. The minimum Gasteiger partial charge on any atom is -0.358 e. The lowest BCUT2D eigenvalue weighted by Crippen LogP contribution is -2.29. The van der Waals surface area contributed by atoms with Crippen molar-refractivity contribution in [3.8, 4) is 0 Å². The Hall–Kier alpha value is -1.14. The molecule has 0 radical (unpaired) electrons. The van der Waals surface area contributed by atoms with Gasteiger partial charge in [0.05, 0.1) is 10.9 Å². The van der Waals surface area contributed by atoms with E-state index in [1.165, 1.54) is 17.8 Å². The molecule has 1 fully saturated rings. The first kappa shape index (κ1) is 15.3. The van der Waals surface area contributed by atoms with Crippen LogP contribution in [0.2, 0.25) is 0 Å².